The van der Waals surface area contributed by atoms with Crippen molar-refractivity contribution in [1.82, 2.24) is 4.31 Å². The molecule has 0 radical (unpaired) electrons. The second-order valence-corrected chi connectivity index (χ2v) is 6.67. The van der Waals surface area contributed by atoms with Gasteiger partial charge in [-0.3, -0.25) is 4.79 Å². The van der Waals surface area contributed by atoms with Gasteiger partial charge in [0.2, 0.25) is 10.0 Å². The van der Waals surface area contributed by atoms with Crippen LogP contribution in [0.2, 0.25) is 0 Å². The molecule has 22 heavy (non-hydrogen) atoms. The van der Waals surface area contributed by atoms with Gasteiger partial charge in [-0.2, -0.15) is 17.5 Å². The molecular weight excluding hydrogens is 323 g/mol. The molecular formula is C13H14F3NO4S. The number of esters is 1. The summed E-state index contributed by atoms with van der Waals surface area (Å²) in [6, 6.07) is 1.12. The number of benzene rings is 1. The van der Waals surface area contributed by atoms with Crippen molar-refractivity contribution in [2.24, 2.45) is 0 Å². The average molecular weight is 337 g/mol. The van der Waals surface area contributed by atoms with Gasteiger partial charge in [-0.25, -0.2) is 8.42 Å². The van der Waals surface area contributed by atoms with Crippen LogP contribution in [0.15, 0.2) is 29.2 Å². The largest absolute Gasteiger partial charge is 0.465 e. The van der Waals surface area contributed by atoms with Crippen LogP contribution >= 0.6 is 0 Å². The number of hydrogen-bond donors (Lipinski definition) is 0. The number of halogens is 3. The predicted octanol–water partition coefficient (Wildman–Crippen LogP) is 1.86. The van der Waals surface area contributed by atoms with E-state index in [0.717, 1.165) is 5.56 Å². The van der Waals surface area contributed by atoms with Gasteiger partial charge in [0.25, 0.3) is 0 Å². The summed E-state index contributed by atoms with van der Waals surface area (Å²) in [6.45, 7) is 3.02. The Bertz CT molecular complexity index is 670. The smallest absolute Gasteiger partial charge is 0.407 e. The van der Waals surface area contributed by atoms with Gasteiger partial charge in [-0.15, -0.1) is 0 Å². The number of sulfonamides is 1. The zero-order chi connectivity index (χ0) is 16.7. The lowest BCUT2D eigenvalue weighted by atomic mass is 10.2. The van der Waals surface area contributed by atoms with Gasteiger partial charge in [0.05, 0.1) is 11.5 Å². The zero-order valence-electron chi connectivity index (χ0n) is 11.8. The first-order chi connectivity index (χ1) is 10.1. The molecule has 0 N–H and O–H groups in total. The summed E-state index contributed by atoms with van der Waals surface area (Å²) in [6.07, 6.45) is -4.84. The Labute approximate surface area is 125 Å². The fourth-order valence-electron chi connectivity index (χ4n) is 2.13. The number of rotatable bonds is 4. The summed E-state index contributed by atoms with van der Waals surface area (Å²) in [5.41, 5.74) is 0.763. The van der Waals surface area contributed by atoms with Crippen LogP contribution < -0.4 is 0 Å². The van der Waals surface area contributed by atoms with Crippen LogP contribution in [0.5, 0.6) is 0 Å². The topological polar surface area (TPSA) is 63.5 Å². The molecule has 1 aliphatic rings. The van der Waals surface area contributed by atoms with Gasteiger partial charge in [0.1, 0.15) is 12.1 Å². The monoisotopic (exact) mass is 337 g/mol. The highest BCUT2D eigenvalue weighted by atomic mass is 32.2. The minimum Gasteiger partial charge on any atom is -0.465 e. The van der Waals surface area contributed by atoms with Crippen molar-refractivity contribution < 1.29 is 31.1 Å². The van der Waals surface area contributed by atoms with Gasteiger partial charge in [0, 0.05) is 0 Å². The van der Waals surface area contributed by atoms with E-state index in [1.165, 1.54) is 31.2 Å². The normalized spacial score (nSPS) is 24.9. The number of aryl methyl sites for hydroxylation is 1. The van der Waals surface area contributed by atoms with Crippen LogP contribution in [0.3, 0.4) is 0 Å². The van der Waals surface area contributed by atoms with Crippen molar-refractivity contribution in [1.29, 1.82) is 0 Å². The highest BCUT2D eigenvalue weighted by molar-refractivity contribution is 7.89. The second kappa shape index (κ2) is 5.54. The number of ether oxygens (including phenoxy) is 1. The molecule has 1 fully saturated rings. The molecule has 5 nitrogen and oxygen atoms in total. The number of alkyl halides is 3. The van der Waals surface area contributed by atoms with Crippen LogP contribution in [0.4, 0.5) is 13.2 Å². The highest BCUT2D eigenvalue weighted by Gasteiger charge is 2.71. The van der Waals surface area contributed by atoms with Crippen LogP contribution in [0, 0.1) is 6.92 Å². The molecule has 3 atom stereocenters. The van der Waals surface area contributed by atoms with E-state index in [0.29, 0.717) is 0 Å². The summed E-state index contributed by atoms with van der Waals surface area (Å²) in [4.78, 5) is 11.3. The van der Waals surface area contributed by atoms with E-state index < -0.39 is 34.3 Å². The summed E-state index contributed by atoms with van der Waals surface area (Å²) < 4.78 is 68.1. The molecule has 1 unspecified atom stereocenters. The molecule has 1 aromatic rings. The van der Waals surface area contributed by atoms with Crippen LogP contribution in [0.25, 0.3) is 0 Å². The minimum atomic E-state index is -4.84. The standard InChI is InChI=1S/C13H14F3NO4S/c1-3-21-12(18)10-11(13(14,15)16)17(10)22(19,20)9-6-4-8(2)5-7-9/h4-7,10-11H,3H2,1-2H3/t10-,11-,17?/m0/s1. The van der Waals surface area contributed by atoms with E-state index >= 15 is 0 Å². The lowest BCUT2D eigenvalue weighted by Gasteiger charge is -2.08. The highest BCUT2D eigenvalue weighted by Crippen LogP contribution is 2.45. The minimum absolute atomic E-state index is 0.127. The fraction of sp³-hybridized carbons (Fsp3) is 0.462. The molecule has 122 valence electrons. The maximum Gasteiger partial charge on any atom is 0.407 e. The molecule has 0 aliphatic carbocycles. The molecule has 0 amide bonds. The first-order valence-corrected chi connectivity index (χ1v) is 7.88. The quantitative estimate of drug-likeness (QED) is 0.621. The lowest BCUT2D eigenvalue weighted by molar-refractivity contribution is -0.149. The van der Waals surface area contributed by atoms with Crippen molar-refractivity contribution in [3.05, 3.63) is 29.8 Å². The molecule has 9 heteroatoms. The number of carbonyl (C=O) groups is 1. The summed E-state index contributed by atoms with van der Waals surface area (Å²) in [5, 5.41) is 0. The predicted molar refractivity (Wildman–Crippen MR) is 70.5 cm³/mol. The molecule has 0 saturated carbocycles. The zero-order valence-corrected chi connectivity index (χ0v) is 12.6. The number of nitrogens with zero attached hydrogens (tertiary/aromatic N) is 1. The van der Waals surface area contributed by atoms with Gasteiger partial charge >= 0.3 is 12.1 Å². The Morgan fingerprint density at radius 3 is 2.27 bits per heavy atom. The summed E-state index contributed by atoms with van der Waals surface area (Å²) >= 11 is 0. The van der Waals surface area contributed by atoms with Crippen molar-refractivity contribution in [3.8, 4) is 0 Å². The fourth-order valence-corrected chi connectivity index (χ4v) is 3.83. The molecule has 0 aromatic heterocycles. The van der Waals surface area contributed by atoms with Crippen LogP contribution in [0.1, 0.15) is 12.5 Å². The Morgan fingerprint density at radius 2 is 1.82 bits per heavy atom. The molecule has 0 spiro atoms. The Morgan fingerprint density at radius 1 is 1.27 bits per heavy atom. The van der Waals surface area contributed by atoms with E-state index in [-0.39, 0.29) is 15.8 Å². The molecule has 1 heterocycles. The first-order valence-electron chi connectivity index (χ1n) is 6.44. The van der Waals surface area contributed by atoms with Crippen LogP contribution in [-0.4, -0.2) is 43.6 Å². The first kappa shape index (κ1) is 16.8. The van der Waals surface area contributed by atoms with Crippen molar-refractivity contribution in [2.45, 2.75) is 37.0 Å². The Kier molecular flexibility index (Phi) is 4.22. The summed E-state index contributed by atoms with van der Waals surface area (Å²) in [5.74, 6) is -1.19. The van der Waals surface area contributed by atoms with Crippen molar-refractivity contribution >= 4 is 16.0 Å². The van der Waals surface area contributed by atoms with E-state index in [4.69, 9.17) is 0 Å². The van der Waals surface area contributed by atoms with Gasteiger partial charge in [-0.05, 0) is 26.0 Å². The molecule has 0 bridgehead atoms. The average Bonchev–Trinajstić information content (AvgIpc) is 3.15. The second-order valence-electron chi connectivity index (χ2n) is 4.83. The van der Waals surface area contributed by atoms with E-state index in [9.17, 15) is 26.4 Å². The van der Waals surface area contributed by atoms with Crippen LogP contribution in [-0.2, 0) is 19.6 Å². The Hall–Kier alpha value is -1.61. The third-order valence-corrected chi connectivity index (χ3v) is 5.09. The lowest BCUT2D eigenvalue weighted by Crippen LogP contribution is -2.25. The van der Waals surface area contributed by atoms with E-state index in [1.54, 1.807) is 6.92 Å². The van der Waals surface area contributed by atoms with E-state index in [2.05, 4.69) is 4.74 Å². The summed E-state index contributed by atoms with van der Waals surface area (Å²) in [7, 11) is -4.41. The van der Waals surface area contributed by atoms with Crippen molar-refractivity contribution in [3.63, 3.8) is 0 Å². The maximum absolute atomic E-state index is 12.9. The molecule has 1 aromatic carbocycles. The SMILES string of the molecule is CCOC(=O)[C@@H]1[C@@H](C(F)(F)F)N1S(=O)(=O)c1ccc(C)cc1. The van der Waals surface area contributed by atoms with Gasteiger partial charge in [-0.1, -0.05) is 17.7 Å². The van der Waals surface area contributed by atoms with Crippen molar-refractivity contribution in [2.75, 3.05) is 6.61 Å². The maximum atomic E-state index is 12.9. The van der Waals surface area contributed by atoms with Gasteiger partial charge in [0.15, 0.2) is 0 Å². The number of hydrogen-bond acceptors (Lipinski definition) is 4. The number of carbonyl (C=O) groups excluding carboxylic acids is 1. The van der Waals surface area contributed by atoms with Gasteiger partial charge < -0.3 is 4.74 Å². The third-order valence-electron chi connectivity index (χ3n) is 3.22. The molecule has 2 rings (SSSR count). The Balaban J connectivity index is 2.36. The van der Waals surface area contributed by atoms with E-state index in [1.807, 2.05) is 0 Å². The third kappa shape index (κ3) is 2.95. The molecule has 1 saturated heterocycles. The molecule has 1 aliphatic heterocycles.